The number of ketones is 1. The molecule has 0 N–H and O–H groups in total. The minimum absolute atomic E-state index is 0.00483. The summed E-state index contributed by atoms with van der Waals surface area (Å²) < 4.78 is 18.8. The molecule has 1 fully saturated rings. The van der Waals surface area contributed by atoms with Crippen LogP contribution in [0.4, 0.5) is 9.18 Å². The molecule has 1 aromatic carbocycles. The minimum Gasteiger partial charge on any atom is -0.444 e. The lowest BCUT2D eigenvalue weighted by Crippen LogP contribution is -2.46. The average molecular weight is 319 g/mol. The van der Waals surface area contributed by atoms with Crippen LogP contribution < -0.4 is 0 Å². The summed E-state index contributed by atoms with van der Waals surface area (Å²) in [5, 5.41) is 0. The highest BCUT2D eigenvalue weighted by molar-refractivity contribution is 6.02. The number of fused-ring (bicyclic) bond motifs is 2. The van der Waals surface area contributed by atoms with Gasteiger partial charge in [0.2, 0.25) is 0 Å². The molecular weight excluding hydrogens is 297 g/mol. The maximum atomic E-state index is 13.4. The summed E-state index contributed by atoms with van der Waals surface area (Å²) in [5.41, 5.74) is 0.682. The van der Waals surface area contributed by atoms with Gasteiger partial charge in [0.05, 0.1) is 0 Å². The van der Waals surface area contributed by atoms with Crippen LogP contribution in [0.5, 0.6) is 0 Å². The van der Waals surface area contributed by atoms with E-state index >= 15 is 0 Å². The van der Waals surface area contributed by atoms with Gasteiger partial charge in [0.25, 0.3) is 0 Å². The molecule has 1 spiro atoms. The van der Waals surface area contributed by atoms with Gasteiger partial charge in [-0.1, -0.05) is 6.07 Å². The zero-order chi connectivity index (χ0) is 16.8. The van der Waals surface area contributed by atoms with Crippen molar-refractivity contribution in [3.8, 4) is 0 Å². The molecule has 23 heavy (non-hydrogen) atoms. The number of likely N-dealkylation sites (tertiary alicyclic amines) is 1. The Hall–Kier alpha value is -1.91. The predicted octanol–water partition coefficient (Wildman–Crippen LogP) is 3.68. The first kappa shape index (κ1) is 16.0. The topological polar surface area (TPSA) is 46.6 Å². The Balaban J connectivity index is 1.75. The normalized spacial score (nSPS) is 19.8. The van der Waals surface area contributed by atoms with Crippen LogP contribution in [0.25, 0.3) is 0 Å². The third-order valence-corrected chi connectivity index (χ3v) is 4.72. The van der Waals surface area contributed by atoms with Crippen LogP contribution in [0.1, 0.15) is 56.0 Å². The lowest BCUT2D eigenvalue weighted by Gasteiger charge is -2.39. The summed E-state index contributed by atoms with van der Waals surface area (Å²) in [6, 6.07) is 4.49. The largest absolute Gasteiger partial charge is 0.444 e. The van der Waals surface area contributed by atoms with Crippen molar-refractivity contribution in [3.05, 3.63) is 35.1 Å². The van der Waals surface area contributed by atoms with Crippen molar-refractivity contribution in [2.75, 3.05) is 13.1 Å². The number of carbonyl (C=O) groups is 2. The summed E-state index contributed by atoms with van der Waals surface area (Å²) in [6.45, 7) is 6.64. The van der Waals surface area contributed by atoms with Crippen molar-refractivity contribution in [1.29, 1.82) is 0 Å². The molecule has 0 aromatic heterocycles. The SMILES string of the molecule is CC(C)(C)OC(=O)N1CCC2(CC1)CC(=O)c1cc(F)ccc12. The van der Waals surface area contributed by atoms with E-state index in [9.17, 15) is 14.0 Å². The van der Waals surface area contributed by atoms with Gasteiger partial charge in [0, 0.05) is 30.5 Å². The van der Waals surface area contributed by atoms with Gasteiger partial charge in [-0.05, 0) is 51.3 Å². The van der Waals surface area contributed by atoms with Crippen molar-refractivity contribution in [1.82, 2.24) is 4.90 Å². The summed E-state index contributed by atoms with van der Waals surface area (Å²) in [5.74, 6) is -0.370. The van der Waals surface area contributed by atoms with Gasteiger partial charge in [-0.2, -0.15) is 0 Å². The Morgan fingerprint density at radius 3 is 2.52 bits per heavy atom. The average Bonchev–Trinajstić information content (AvgIpc) is 2.70. The number of Topliss-reactive ketones (excluding diaryl/α,β-unsaturated/α-hetero) is 1. The maximum Gasteiger partial charge on any atom is 0.410 e. The number of amides is 1. The number of halogens is 1. The number of hydrogen-bond acceptors (Lipinski definition) is 3. The molecule has 1 aliphatic carbocycles. The zero-order valence-electron chi connectivity index (χ0n) is 13.8. The van der Waals surface area contributed by atoms with Crippen LogP contribution in [0.15, 0.2) is 18.2 Å². The standard InChI is InChI=1S/C18H22FNO3/c1-17(2,3)23-16(22)20-8-6-18(7-9-20)11-15(21)13-10-12(19)4-5-14(13)18/h4-5,10H,6-9,11H2,1-3H3. The molecule has 1 amide bonds. The van der Waals surface area contributed by atoms with Gasteiger partial charge in [0.15, 0.2) is 5.78 Å². The van der Waals surface area contributed by atoms with Gasteiger partial charge in [-0.15, -0.1) is 0 Å². The number of benzene rings is 1. The highest BCUT2D eigenvalue weighted by atomic mass is 19.1. The lowest BCUT2D eigenvalue weighted by molar-refractivity contribution is 0.0166. The molecule has 1 aromatic rings. The molecule has 0 unspecified atom stereocenters. The van der Waals surface area contributed by atoms with E-state index in [4.69, 9.17) is 4.74 Å². The van der Waals surface area contributed by atoms with Crippen LogP contribution >= 0.6 is 0 Å². The Morgan fingerprint density at radius 2 is 1.91 bits per heavy atom. The molecule has 0 radical (unpaired) electrons. The van der Waals surface area contributed by atoms with Crippen molar-refractivity contribution >= 4 is 11.9 Å². The van der Waals surface area contributed by atoms with E-state index in [1.54, 1.807) is 11.0 Å². The number of rotatable bonds is 0. The molecule has 0 bridgehead atoms. The van der Waals surface area contributed by atoms with E-state index in [0.29, 0.717) is 37.9 Å². The highest BCUT2D eigenvalue weighted by Crippen LogP contribution is 2.46. The smallest absolute Gasteiger partial charge is 0.410 e. The van der Waals surface area contributed by atoms with Crippen molar-refractivity contribution in [3.63, 3.8) is 0 Å². The Kier molecular flexibility index (Phi) is 3.69. The molecule has 1 heterocycles. The lowest BCUT2D eigenvalue weighted by atomic mass is 9.74. The first-order chi connectivity index (χ1) is 10.7. The number of piperidine rings is 1. The number of hydrogen-bond donors (Lipinski definition) is 0. The molecule has 5 heteroatoms. The number of nitrogens with zero attached hydrogens (tertiary/aromatic N) is 1. The fourth-order valence-electron chi connectivity index (χ4n) is 3.60. The van der Waals surface area contributed by atoms with E-state index in [0.717, 1.165) is 5.56 Å². The molecule has 4 nitrogen and oxygen atoms in total. The highest BCUT2D eigenvalue weighted by Gasteiger charge is 2.46. The summed E-state index contributed by atoms with van der Waals surface area (Å²) in [4.78, 5) is 26.1. The summed E-state index contributed by atoms with van der Waals surface area (Å²) in [6.07, 6.45) is 1.51. The van der Waals surface area contributed by atoms with Crippen molar-refractivity contribution in [2.45, 2.75) is 51.0 Å². The number of ether oxygens (including phenoxy) is 1. The molecule has 124 valence electrons. The van der Waals surface area contributed by atoms with E-state index in [1.165, 1.54) is 12.1 Å². The third kappa shape index (κ3) is 2.96. The van der Waals surface area contributed by atoms with Crippen molar-refractivity contribution in [2.24, 2.45) is 0 Å². The molecule has 2 aliphatic rings. The quantitative estimate of drug-likeness (QED) is 0.733. The van der Waals surface area contributed by atoms with Gasteiger partial charge in [-0.3, -0.25) is 4.79 Å². The maximum absolute atomic E-state index is 13.4. The van der Waals surface area contributed by atoms with Gasteiger partial charge in [-0.25, -0.2) is 9.18 Å². The van der Waals surface area contributed by atoms with E-state index in [1.807, 2.05) is 20.8 Å². The van der Waals surface area contributed by atoms with Crippen LogP contribution in [-0.2, 0) is 10.2 Å². The monoisotopic (exact) mass is 319 g/mol. The minimum atomic E-state index is -0.514. The van der Waals surface area contributed by atoms with E-state index < -0.39 is 5.60 Å². The zero-order valence-corrected chi connectivity index (χ0v) is 13.8. The third-order valence-electron chi connectivity index (χ3n) is 4.72. The predicted molar refractivity (Wildman–Crippen MR) is 84.1 cm³/mol. The van der Waals surface area contributed by atoms with Crippen molar-refractivity contribution < 1.29 is 18.7 Å². The Bertz CT molecular complexity index is 655. The fourth-order valence-corrected chi connectivity index (χ4v) is 3.60. The van der Waals surface area contributed by atoms with Crippen LogP contribution in [0, 0.1) is 5.82 Å². The molecule has 0 saturated carbocycles. The second kappa shape index (κ2) is 5.32. The number of carbonyl (C=O) groups excluding carboxylic acids is 2. The summed E-state index contributed by atoms with van der Waals surface area (Å²) in [7, 11) is 0. The molecule has 1 saturated heterocycles. The van der Waals surface area contributed by atoms with Gasteiger partial charge >= 0.3 is 6.09 Å². The fraction of sp³-hybridized carbons (Fsp3) is 0.556. The van der Waals surface area contributed by atoms with E-state index in [-0.39, 0.29) is 23.1 Å². The second-order valence-electron chi connectivity index (χ2n) is 7.54. The molecular formula is C18H22FNO3. The second-order valence-corrected chi connectivity index (χ2v) is 7.54. The molecule has 0 atom stereocenters. The summed E-state index contributed by atoms with van der Waals surface area (Å²) >= 11 is 0. The van der Waals surface area contributed by atoms with Crippen LogP contribution in [-0.4, -0.2) is 35.5 Å². The van der Waals surface area contributed by atoms with Gasteiger partial charge in [0.1, 0.15) is 11.4 Å². The van der Waals surface area contributed by atoms with Crippen LogP contribution in [0.3, 0.4) is 0 Å². The van der Waals surface area contributed by atoms with Crippen LogP contribution in [0.2, 0.25) is 0 Å². The van der Waals surface area contributed by atoms with Gasteiger partial charge < -0.3 is 9.64 Å². The molecule has 1 aliphatic heterocycles. The Labute approximate surface area is 135 Å². The first-order valence-electron chi connectivity index (χ1n) is 8.01. The Morgan fingerprint density at radius 1 is 1.26 bits per heavy atom. The van der Waals surface area contributed by atoms with E-state index in [2.05, 4.69) is 0 Å². The molecule has 3 rings (SSSR count). The first-order valence-corrected chi connectivity index (χ1v) is 8.01.